The third-order valence-electron chi connectivity index (χ3n) is 7.98. The van der Waals surface area contributed by atoms with Gasteiger partial charge in [0.15, 0.2) is 0 Å². The quantitative estimate of drug-likeness (QED) is 0.300. The van der Waals surface area contributed by atoms with E-state index >= 15 is 0 Å². The average molecular weight is 533 g/mol. The van der Waals surface area contributed by atoms with E-state index in [1.54, 1.807) is 6.07 Å². The highest BCUT2D eigenvalue weighted by Gasteiger charge is 2.39. The number of pyridine rings is 1. The molecule has 3 aromatic rings. The third kappa shape index (κ3) is 5.78. The Hall–Kier alpha value is -3.45. The van der Waals surface area contributed by atoms with E-state index in [-0.39, 0.29) is 29.7 Å². The minimum atomic E-state index is -0.384. The van der Waals surface area contributed by atoms with Crippen LogP contribution in [0, 0.1) is 17.7 Å². The van der Waals surface area contributed by atoms with Crippen molar-refractivity contribution in [1.82, 2.24) is 9.88 Å². The van der Waals surface area contributed by atoms with Gasteiger partial charge in [0.2, 0.25) is 5.88 Å². The molecule has 1 aliphatic heterocycles. The molecule has 1 unspecified atom stereocenters. The summed E-state index contributed by atoms with van der Waals surface area (Å²) in [6, 6.07) is 14.2. The number of carbonyl (C=O) groups is 1. The second-order valence-corrected chi connectivity index (χ2v) is 11.0. The molecular weight excluding hydrogens is 495 g/mol. The number of nitrogens with zero attached hydrogens (tertiary/aromatic N) is 2. The maximum atomic E-state index is 14.8. The van der Waals surface area contributed by atoms with Crippen LogP contribution in [0.25, 0.3) is 11.1 Å². The summed E-state index contributed by atoms with van der Waals surface area (Å²) in [5.41, 5.74) is 5.68. The van der Waals surface area contributed by atoms with E-state index in [2.05, 4.69) is 34.1 Å². The zero-order valence-electron chi connectivity index (χ0n) is 23.4. The van der Waals surface area contributed by atoms with Crippen LogP contribution in [0.3, 0.4) is 0 Å². The second-order valence-electron chi connectivity index (χ2n) is 11.0. The molecular formula is C32H37FN2O4. The van der Waals surface area contributed by atoms with E-state index in [9.17, 15) is 9.18 Å². The van der Waals surface area contributed by atoms with E-state index in [0.717, 1.165) is 53.7 Å². The summed E-state index contributed by atoms with van der Waals surface area (Å²) in [5, 5.41) is 0. The highest BCUT2D eigenvalue weighted by Crippen LogP contribution is 2.48. The van der Waals surface area contributed by atoms with Crippen LogP contribution in [-0.2, 0) is 22.5 Å². The summed E-state index contributed by atoms with van der Waals surface area (Å²) < 4.78 is 31.8. The molecule has 2 aliphatic rings. The molecule has 0 saturated heterocycles. The zero-order chi connectivity index (χ0) is 27.7. The van der Waals surface area contributed by atoms with E-state index in [0.29, 0.717) is 23.9 Å². The molecule has 2 aromatic carbocycles. The monoisotopic (exact) mass is 532 g/mol. The Bertz CT molecular complexity index is 1350. The Balaban J connectivity index is 1.45. The molecule has 6 nitrogen and oxygen atoms in total. The number of ether oxygens (including phenoxy) is 3. The fourth-order valence-corrected chi connectivity index (χ4v) is 5.87. The molecule has 0 N–H and O–H groups in total. The normalized spacial score (nSPS) is 18.2. The van der Waals surface area contributed by atoms with E-state index in [1.165, 1.54) is 26.0 Å². The van der Waals surface area contributed by atoms with Crippen molar-refractivity contribution in [3.8, 4) is 22.8 Å². The van der Waals surface area contributed by atoms with Crippen LogP contribution in [0.4, 0.5) is 4.39 Å². The maximum absolute atomic E-state index is 14.8. The van der Waals surface area contributed by atoms with Crippen molar-refractivity contribution in [2.45, 2.75) is 51.2 Å². The summed E-state index contributed by atoms with van der Waals surface area (Å²) in [4.78, 5) is 18.5. The Labute approximate surface area is 230 Å². The van der Waals surface area contributed by atoms with Crippen molar-refractivity contribution in [3.05, 3.63) is 76.7 Å². The number of hydrogen-bond acceptors (Lipinski definition) is 6. The van der Waals surface area contributed by atoms with Crippen LogP contribution < -0.4 is 9.47 Å². The third-order valence-corrected chi connectivity index (χ3v) is 7.98. The molecule has 1 aromatic heterocycles. The van der Waals surface area contributed by atoms with Crippen molar-refractivity contribution in [1.29, 1.82) is 0 Å². The van der Waals surface area contributed by atoms with Crippen LogP contribution in [0.5, 0.6) is 11.6 Å². The lowest BCUT2D eigenvalue weighted by molar-refractivity contribution is -0.145. The first-order valence-corrected chi connectivity index (χ1v) is 13.6. The number of aryl methyl sites for hydroxylation is 1. The van der Waals surface area contributed by atoms with Gasteiger partial charge in [-0.05, 0) is 85.5 Å². The van der Waals surface area contributed by atoms with Crippen LogP contribution in [-0.4, -0.2) is 44.2 Å². The average Bonchev–Trinajstić information content (AvgIpc) is 3.77. The van der Waals surface area contributed by atoms with Gasteiger partial charge in [-0.25, -0.2) is 9.37 Å². The Kier molecular flexibility index (Phi) is 7.89. The first-order chi connectivity index (χ1) is 18.8. The molecule has 3 atom stereocenters. The van der Waals surface area contributed by atoms with Crippen molar-refractivity contribution in [2.75, 3.05) is 28.3 Å². The first-order valence-electron chi connectivity index (χ1n) is 13.6. The molecule has 1 fully saturated rings. The number of fused-ring (bicyclic) bond motifs is 1. The Morgan fingerprint density at radius 3 is 2.59 bits per heavy atom. The molecule has 0 bridgehead atoms. The summed E-state index contributed by atoms with van der Waals surface area (Å²) in [6.07, 6.45) is 5.12. The number of esters is 1. The minimum Gasteiger partial charge on any atom is -0.485 e. The van der Waals surface area contributed by atoms with Crippen LogP contribution in [0.2, 0.25) is 0 Å². The van der Waals surface area contributed by atoms with Gasteiger partial charge in [-0.2, -0.15) is 0 Å². The van der Waals surface area contributed by atoms with E-state index < -0.39 is 0 Å². The predicted molar refractivity (Wildman–Crippen MR) is 148 cm³/mol. The zero-order valence-corrected chi connectivity index (χ0v) is 23.4. The van der Waals surface area contributed by atoms with E-state index in [4.69, 9.17) is 14.2 Å². The molecule has 0 radical (unpaired) electrons. The van der Waals surface area contributed by atoms with Gasteiger partial charge in [0.1, 0.15) is 17.7 Å². The van der Waals surface area contributed by atoms with Gasteiger partial charge in [0, 0.05) is 18.2 Å². The van der Waals surface area contributed by atoms with Crippen LogP contribution in [0.1, 0.15) is 60.5 Å². The molecule has 2 heterocycles. The fraction of sp³-hybridized carbons (Fsp3) is 0.438. The molecule has 7 heteroatoms. The number of rotatable bonds is 9. The lowest BCUT2D eigenvalue weighted by Gasteiger charge is -2.29. The molecule has 5 rings (SSSR count). The molecule has 206 valence electrons. The highest BCUT2D eigenvalue weighted by molar-refractivity contribution is 5.73. The smallest absolute Gasteiger partial charge is 0.309 e. The number of benzene rings is 2. The van der Waals surface area contributed by atoms with Gasteiger partial charge < -0.3 is 19.1 Å². The SMILES string of the molecule is COC(=O)[C@@H](C)[C@H](c1ccc2c(c1)OC(c1ccc(-c3cc(OC)ncc3F)c(CN(C)C)c1)CC2)C1CC1. The van der Waals surface area contributed by atoms with Crippen LogP contribution in [0.15, 0.2) is 48.7 Å². The molecule has 0 amide bonds. The van der Waals surface area contributed by atoms with Crippen molar-refractivity contribution in [3.63, 3.8) is 0 Å². The summed E-state index contributed by atoms with van der Waals surface area (Å²) in [5.74, 6) is 1.14. The lowest BCUT2D eigenvalue weighted by Crippen LogP contribution is -2.23. The maximum Gasteiger partial charge on any atom is 0.309 e. The second kappa shape index (κ2) is 11.3. The fourth-order valence-electron chi connectivity index (χ4n) is 5.87. The van der Waals surface area contributed by atoms with E-state index in [1.807, 2.05) is 33.2 Å². The Morgan fingerprint density at radius 2 is 1.90 bits per heavy atom. The summed E-state index contributed by atoms with van der Waals surface area (Å²) in [6.45, 7) is 2.61. The predicted octanol–water partition coefficient (Wildman–Crippen LogP) is 6.33. The number of carbonyl (C=O) groups excluding carboxylic acids is 1. The number of hydrogen-bond donors (Lipinski definition) is 0. The number of methoxy groups -OCH3 is 2. The van der Waals surface area contributed by atoms with Crippen molar-refractivity contribution in [2.24, 2.45) is 11.8 Å². The minimum absolute atomic E-state index is 0.114. The van der Waals surface area contributed by atoms with Gasteiger partial charge in [-0.3, -0.25) is 4.79 Å². The first kappa shape index (κ1) is 27.1. The van der Waals surface area contributed by atoms with Crippen molar-refractivity contribution >= 4 is 5.97 Å². The largest absolute Gasteiger partial charge is 0.485 e. The molecule has 39 heavy (non-hydrogen) atoms. The topological polar surface area (TPSA) is 60.9 Å². The number of aromatic nitrogens is 1. The standard InChI is InChI=1S/C32H37FN2O4/c1-19(32(36)38-5)31(21-7-8-21)23-9-6-20-11-13-28(39-29(20)15-23)22-10-12-25(24(14-22)18-35(2)3)26-16-30(37-4)34-17-27(26)33/h6,9-10,12,14-17,19,21,28,31H,7-8,11,13,18H2,1-5H3/t19-,28?,31-/m0/s1. The summed E-state index contributed by atoms with van der Waals surface area (Å²) in [7, 11) is 6.99. The Morgan fingerprint density at radius 1 is 1.10 bits per heavy atom. The van der Waals surface area contributed by atoms with Gasteiger partial charge in [-0.15, -0.1) is 0 Å². The van der Waals surface area contributed by atoms with Crippen LogP contribution >= 0.6 is 0 Å². The number of halogens is 1. The van der Waals surface area contributed by atoms with Gasteiger partial charge in [0.05, 0.1) is 26.3 Å². The van der Waals surface area contributed by atoms with Gasteiger partial charge >= 0.3 is 5.97 Å². The van der Waals surface area contributed by atoms with Gasteiger partial charge in [0.25, 0.3) is 0 Å². The molecule has 1 saturated carbocycles. The molecule has 1 aliphatic carbocycles. The van der Waals surface area contributed by atoms with Gasteiger partial charge in [-0.1, -0.05) is 37.3 Å². The lowest BCUT2D eigenvalue weighted by atomic mass is 9.82. The van der Waals surface area contributed by atoms with Crippen molar-refractivity contribution < 1.29 is 23.4 Å². The highest BCUT2D eigenvalue weighted by atomic mass is 19.1. The summed E-state index contributed by atoms with van der Waals surface area (Å²) >= 11 is 0. The molecule has 0 spiro atoms.